The van der Waals surface area contributed by atoms with Crippen molar-refractivity contribution in [1.82, 2.24) is 5.32 Å². The van der Waals surface area contributed by atoms with Crippen LogP contribution in [-0.4, -0.2) is 25.6 Å². The average Bonchev–Trinajstić information content (AvgIpc) is 2.74. The predicted octanol–water partition coefficient (Wildman–Crippen LogP) is 4.24. The van der Waals surface area contributed by atoms with E-state index in [9.17, 15) is 9.18 Å². The molecule has 4 rings (SSSR count). The lowest BCUT2D eigenvalue weighted by Crippen LogP contribution is -2.52. The number of hydrogen-bond donors (Lipinski definition) is 2. The molecule has 4 nitrogen and oxygen atoms in total. The van der Waals surface area contributed by atoms with Gasteiger partial charge in [0.05, 0.1) is 6.33 Å². The van der Waals surface area contributed by atoms with Crippen molar-refractivity contribution in [3.05, 3.63) is 41.7 Å². The van der Waals surface area contributed by atoms with Crippen LogP contribution in [0.2, 0.25) is 0 Å². The van der Waals surface area contributed by atoms with Gasteiger partial charge in [0.2, 0.25) is 5.91 Å². The van der Waals surface area contributed by atoms with E-state index in [4.69, 9.17) is 10.5 Å². The van der Waals surface area contributed by atoms with E-state index < -0.39 is 0 Å². The van der Waals surface area contributed by atoms with Crippen LogP contribution >= 0.6 is 0 Å². The molecule has 1 aromatic carbocycles. The lowest BCUT2D eigenvalue weighted by Gasteiger charge is -2.53. The largest absolute Gasteiger partial charge is 0.489 e. The number of nitrogens with two attached hydrogens (primary N) is 1. The molecule has 1 aromatic rings. The van der Waals surface area contributed by atoms with Crippen LogP contribution in [0.1, 0.15) is 57.9 Å². The van der Waals surface area contributed by atoms with Crippen molar-refractivity contribution in [2.75, 3.05) is 19.7 Å². The summed E-state index contributed by atoms with van der Waals surface area (Å²) in [6, 6.07) is 8.19. The lowest BCUT2D eigenvalue weighted by molar-refractivity contribution is -0.138. The Morgan fingerprint density at radius 2 is 1.79 bits per heavy atom. The summed E-state index contributed by atoms with van der Waals surface area (Å²) in [6.07, 6.45) is 6.60. The molecule has 5 heteroatoms. The van der Waals surface area contributed by atoms with Crippen molar-refractivity contribution in [3.8, 4) is 5.75 Å². The molecule has 1 amide bonds. The molecular formula is C23H33FN2O2. The van der Waals surface area contributed by atoms with Crippen LogP contribution in [0.15, 0.2) is 36.2 Å². The van der Waals surface area contributed by atoms with Gasteiger partial charge in [-0.25, -0.2) is 4.39 Å². The number of ether oxygens (including phenoxy) is 1. The third-order valence-corrected chi connectivity index (χ3v) is 6.71. The Bertz CT molecular complexity index is 687. The summed E-state index contributed by atoms with van der Waals surface area (Å²) >= 11 is 0. The highest BCUT2D eigenvalue weighted by Crippen LogP contribution is 2.57. The Morgan fingerprint density at radius 3 is 2.29 bits per heavy atom. The van der Waals surface area contributed by atoms with Gasteiger partial charge < -0.3 is 15.8 Å². The van der Waals surface area contributed by atoms with Gasteiger partial charge in [-0.3, -0.25) is 4.79 Å². The topological polar surface area (TPSA) is 64.3 Å². The van der Waals surface area contributed by atoms with E-state index in [0.29, 0.717) is 17.8 Å². The van der Waals surface area contributed by atoms with E-state index in [-0.39, 0.29) is 29.9 Å². The summed E-state index contributed by atoms with van der Waals surface area (Å²) in [7, 11) is 0. The molecule has 0 spiro atoms. The first-order chi connectivity index (χ1) is 13.4. The zero-order chi connectivity index (χ0) is 20.2. The molecule has 0 heterocycles. The van der Waals surface area contributed by atoms with E-state index in [2.05, 4.69) is 31.3 Å². The Morgan fingerprint density at radius 1 is 1.18 bits per heavy atom. The average molecular weight is 389 g/mol. The second-order valence-corrected chi connectivity index (χ2v) is 8.95. The molecule has 3 saturated carbocycles. The van der Waals surface area contributed by atoms with Crippen molar-refractivity contribution in [1.29, 1.82) is 0 Å². The standard InChI is InChI=1S/C23H33FN2O2/c1-17(2)15-26-21(27)23-10-7-22(8-11-23,9-12-23)19-3-5-20(6-4-19)28-16-18(13-24)14-25/h3-6,13,17H,7-12,14-16,25H2,1-2H3,(H,26,27). The lowest BCUT2D eigenvalue weighted by atomic mass is 9.51. The number of carbonyl (C=O) groups excluding carboxylic acids is 1. The molecule has 0 saturated heterocycles. The van der Waals surface area contributed by atoms with Gasteiger partial charge in [-0.1, -0.05) is 26.0 Å². The summed E-state index contributed by atoms with van der Waals surface area (Å²) < 4.78 is 18.2. The molecule has 3 fully saturated rings. The zero-order valence-corrected chi connectivity index (χ0v) is 17.1. The number of benzene rings is 1. The zero-order valence-electron chi connectivity index (χ0n) is 17.1. The maximum Gasteiger partial charge on any atom is 0.226 e. The summed E-state index contributed by atoms with van der Waals surface area (Å²) in [5.74, 6) is 1.46. The number of nitrogens with one attached hydrogen (secondary N) is 1. The SMILES string of the molecule is CC(C)CNC(=O)C12CCC(c3ccc(OCC(=CF)CN)cc3)(CC1)CC2. The van der Waals surface area contributed by atoms with Gasteiger partial charge in [0.15, 0.2) is 0 Å². The van der Waals surface area contributed by atoms with Crippen molar-refractivity contribution < 1.29 is 13.9 Å². The monoisotopic (exact) mass is 388 g/mol. The molecule has 3 N–H and O–H groups in total. The third kappa shape index (κ3) is 4.24. The molecule has 3 aliphatic carbocycles. The number of carbonyl (C=O) groups is 1. The fraction of sp³-hybridized carbons (Fsp3) is 0.609. The van der Waals surface area contributed by atoms with E-state index in [1.165, 1.54) is 5.56 Å². The van der Waals surface area contributed by atoms with Crippen LogP contribution in [0.25, 0.3) is 0 Å². The van der Waals surface area contributed by atoms with Gasteiger partial charge in [0.25, 0.3) is 0 Å². The highest BCUT2D eigenvalue weighted by atomic mass is 19.1. The summed E-state index contributed by atoms with van der Waals surface area (Å²) in [6.45, 7) is 5.35. The number of hydrogen-bond acceptors (Lipinski definition) is 3. The van der Waals surface area contributed by atoms with Crippen molar-refractivity contribution in [2.24, 2.45) is 17.1 Å². The first-order valence-corrected chi connectivity index (χ1v) is 10.4. The Kier molecular flexibility index (Phi) is 6.43. The minimum Gasteiger partial charge on any atom is -0.489 e. The first kappa shape index (κ1) is 20.8. The van der Waals surface area contributed by atoms with Crippen molar-refractivity contribution >= 4 is 5.91 Å². The predicted molar refractivity (Wildman–Crippen MR) is 110 cm³/mol. The summed E-state index contributed by atoms with van der Waals surface area (Å²) in [5, 5.41) is 3.17. The van der Waals surface area contributed by atoms with Crippen LogP contribution in [-0.2, 0) is 10.2 Å². The van der Waals surface area contributed by atoms with Crippen molar-refractivity contribution in [2.45, 2.75) is 57.8 Å². The van der Waals surface area contributed by atoms with E-state index in [1.807, 2.05) is 12.1 Å². The van der Waals surface area contributed by atoms with Crippen LogP contribution < -0.4 is 15.8 Å². The number of halogens is 1. The second-order valence-electron chi connectivity index (χ2n) is 8.95. The van der Waals surface area contributed by atoms with Crippen LogP contribution in [0.5, 0.6) is 5.75 Å². The Balaban J connectivity index is 1.61. The quantitative estimate of drug-likeness (QED) is 0.700. The molecular weight excluding hydrogens is 355 g/mol. The smallest absolute Gasteiger partial charge is 0.226 e. The van der Waals surface area contributed by atoms with E-state index >= 15 is 0 Å². The maximum absolute atomic E-state index is 12.8. The molecule has 0 atom stereocenters. The Labute approximate surface area is 167 Å². The van der Waals surface area contributed by atoms with Gasteiger partial charge >= 0.3 is 0 Å². The van der Waals surface area contributed by atoms with Gasteiger partial charge in [-0.15, -0.1) is 0 Å². The molecule has 154 valence electrons. The third-order valence-electron chi connectivity index (χ3n) is 6.71. The van der Waals surface area contributed by atoms with Crippen LogP contribution in [0, 0.1) is 11.3 Å². The van der Waals surface area contributed by atoms with Gasteiger partial charge in [-0.2, -0.15) is 0 Å². The van der Waals surface area contributed by atoms with Crippen LogP contribution in [0.4, 0.5) is 4.39 Å². The minimum atomic E-state index is -0.156. The summed E-state index contributed by atoms with van der Waals surface area (Å²) in [4.78, 5) is 12.8. The second kappa shape index (κ2) is 8.64. The normalized spacial score (nSPS) is 27.1. The molecule has 2 bridgehead atoms. The molecule has 3 aliphatic rings. The van der Waals surface area contributed by atoms with E-state index in [0.717, 1.165) is 50.8 Å². The van der Waals surface area contributed by atoms with Crippen molar-refractivity contribution in [3.63, 3.8) is 0 Å². The number of rotatable bonds is 8. The molecule has 0 aliphatic heterocycles. The number of fused-ring (bicyclic) bond motifs is 3. The molecule has 0 aromatic heterocycles. The maximum atomic E-state index is 12.8. The van der Waals surface area contributed by atoms with Gasteiger partial charge in [-0.05, 0) is 67.6 Å². The fourth-order valence-electron chi connectivity index (χ4n) is 4.66. The highest BCUT2D eigenvalue weighted by Gasteiger charge is 2.52. The highest BCUT2D eigenvalue weighted by molar-refractivity contribution is 5.83. The molecule has 0 unspecified atom stereocenters. The van der Waals surface area contributed by atoms with Crippen LogP contribution in [0.3, 0.4) is 0 Å². The van der Waals surface area contributed by atoms with E-state index in [1.54, 1.807) is 0 Å². The molecule has 0 radical (unpaired) electrons. The summed E-state index contributed by atoms with van der Waals surface area (Å²) in [5.41, 5.74) is 7.25. The van der Waals surface area contributed by atoms with Gasteiger partial charge in [0, 0.05) is 24.1 Å². The van der Waals surface area contributed by atoms with Gasteiger partial charge in [0.1, 0.15) is 12.4 Å². The Hall–Kier alpha value is -1.88. The number of amides is 1. The minimum absolute atomic E-state index is 0.156. The first-order valence-electron chi connectivity index (χ1n) is 10.4. The molecule has 28 heavy (non-hydrogen) atoms. The fourth-order valence-corrected chi connectivity index (χ4v) is 4.66.